The molecule has 0 aliphatic rings. The number of aliphatic hydroxyl groups is 3. The first-order chi connectivity index (χ1) is 8.46. The van der Waals surface area contributed by atoms with Crippen LogP contribution in [0.25, 0.3) is 0 Å². The molecule has 0 fully saturated rings. The highest BCUT2D eigenvalue weighted by atomic mass is 79.9. The third-order valence-corrected chi connectivity index (χ3v) is 3.05. The van der Waals surface area contributed by atoms with E-state index >= 15 is 0 Å². The van der Waals surface area contributed by atoms with Gasteiger partial charge in [-0.3, -0.25) is 4.79 Å². The van der Waals surface area contributed by atoms with Gasteiger partial charge in [0.25, 0.3) is 5.91 Å². The average molecular weight is 318 g/mol. The van der Waals surface area contributed by atoms with E-state index in [1.54, 1.807) is 12.1 Å². The van der Waals surface area contributed by atoms with Crippen LogP contribution in [0.15, 0.2) is 22.7 Å². The molecule has 1 amide bonds. The van der Waals surface area contributed by atoms with E-state index in [0.717, 1.165) is 10.0 Å². The zero-order valence-corrected chi connectivity index (χ0v) is 11.6. The van der Waals surface area contributed by atoms with E-state index in [0.29, 0.717) is 5.56 Å². The number of carbonyl (C=O) groups excluding carboxylic acids is 1. The van der Waals surface area contributed by atoms with Gasteiger partial charge in [-0.2, -0.15) is 0 Å². The first kappa shape index (κ1) is 15.1. The maximum absolute atomic E-state index is 12.0. The molecule has 0 saturated heterocycles. The molecular weight excluding hydrogens is 302 g/mol. The van der Waals surface area contributed by atoms with Gasteiger partial charge in [0.05, 0.1) is 19.8 Å². The lowest BCUT2D eigenvalue weighted by Crippen LogP contribution is -2.57. The van der Waals surface area contributed by atoms with Crippen molar-refractivity contribution in [3.63, 3.8) is 0 Å². The molecule has 1 aromatic rings. The number of carbonyl (C=O) groups is 1. The van der Waals surface area contributed by atoms with Gasteiger partial charge >= 0.3 is 0 Å². The van der Waals surface area contributed by atoms with Gasteiger partial charge in [0.15, 0.2) is 0 Å². The smallest absolute Gasteiger partial charge is 0.251 e. The van der Waals surface area contributed by atoms with Gasteiger partial charge in [0, 0.05) is 10.0 Å². The minimum Gasteiger partial charge on any atom is -0.394 e. The monoisotopic (exact) mass is 317 g/mol. The highest BCUT2D eigenvalue weighted by Gasteiger charge is 2.30. The molecule has 0 spiro atoms. The van der Waals surface area contributed by atoms with Gasteiger partial charge in [-0.25, -0.2) is 0 Å². The van der Waals surface area contributed by atoms with E-state index in [1.807, 2.05) is 13.0 Å². The Morgan fingerprint density at radius 1 is 1.22 bits per heavy atom. The predicted molar refractivity (Wildman–Crippen MR) is 70.3 cm³/mol. The fourth-order valence-corrected chi connectivity index (χ4v) is 2.06. The second kappa shape index (κ2) is 6.29. The summed E-state index contributed by atoms with van der Waals surface area (Å²) >= 11 is 3.28. The normalized spacial score (nSPS) is 11.4. The number of benzene rings is 1. The fraction of sp³-hybridized carbons (Fsp3) is 0.417. The van der Waals surface area contributed by atoms with E-state index in [4.69, 9.17) is 15.3 Å². The largest absolute Gasteiger partial charge is 0.394 e. The Bertz CT molecular complexity index is 404. The minimum atomic E-state index is -1.41. The van der Waals surface area contributed by atoms with Crippen molar-refractivity contribution < 1.29 is 20.1 Å². The average Bonchev–Trinajstić information content (AvgIpc) is 2.35. The van der Waals surface area contributed by atoms with Gasteiger partial charge < -0.3 is 20.6 Å². The summed E-state index contributed by atoms with van der Waals surface area (Å²) in [6.45, 7) is 0.217. The Labute approximate surface area is 114 Å². The SMILES string of the molecule is Cc1cc(Br)cc(C(=O)NC(CO)(CO)CO)c1. The Morgan fingerprint density at radius 2 is 1.78 bits per heavy atom. The van der Waals surface area contributed by atoms with Crippen molar-refractivity contribution in [3.8, 4) is 0 Å². The van der Waals surface area contributed by atoms with E-state index in [2.05, 4.69) is 21.2 Å². The highest BCUT2D eigenvalue weighted by Crippen LogP contribution is 2.16. The Kier molecular flexibility index (Phi) is 5.28. The molecule has 0 aliphatic carbocycles. The molecule has 0 radical (unpaired) electrons. The summed E-state index contributed by atoms with van der Waals surface area (Å²) in [4.78, 5) is 12.0. The molecule has 0 saturated carbocycles. The second-order valence-corrected chi connectivity index (χ2v) is 5.14. The number of rotatable bonds is 5. The van der Waals surface area contributed by atoms with E-state index < -0.39 is 31.3 Å². The van der Waals surface area contributed by atoms with Crippen molar-refractivity contribution in [1.29, 1.82) is 0 Å². The molecule has 0 heterocycles. The third-order valence-electron chi connectivity index (χ3n) is 2.59. The zero-order valence-electron chi connectivity index (χ0n) is 9.98. The van der Waals surface area contributed by atoms with Crippen LogP contribution in [0.3, 0.4) is 0 Å². The third kappa shape index (κ3) is 3.52. The van der Waals surface area contributed by atoms with Crippen LogP contribution >= 0.6 is 15.9 Å². The predicted octanol–water partition coefficient (Wildman–Crippen LogP) is 0.203. The molecule has 5 nitrogen and oxygen atoms in total. The van der Waals surface area contributed by atoms with Crippen LogP contribution < -0.4 is 5.32 Å². The van der Waals surface area contributed by atoms with E-state index in [1.165, 1.54) is 0 Å². The summed E-state index contributed by atoms with van der Waals surface area (Å²) < 4.78 is 0.759. The van der Waals surface area contributed by atoms with Crippen molar-refractivity contribution in [3.05, 3.63) is 33.8 Å². The number of nitrogens with one attached hydrogen (secondary N) is 1. The molecule has 18 heavy (non-hydrogen) atoms. The molecular formula is C12H16BrNO4. The molecule has 0 aliphatic heterocycles. The van der Waals surface area contributed by atoms with E-state index in [-0.39, 0.29) is 0 Å². The molecule has 0 aromatic heterocycles. The van der Waals surface area contributed by atoms with Crippen LogP contribution in [0.2, 0.25) is 0 Å². The second-order valence-electron chi connectivity index (χ2n) is 4.23. The van der Waals surface area contributed by atoms with Crippen LogP contribution in [0.1, 0.15) is 15.9 Å². The van der Waals surface area contributed by atoms with Crippen LogP contribution in [0.5, 0.6) is 0 Å². The summed E-state index contributed by atoms with van der Waals surface area (Å²) in [5.74, 6) is -0.462. The maximum Gasteiger partial charge on any atom is 0.251 e. The lowest BCUT2D eigenvalue weighted by Gasteiger charge is -2.28. The van der Waals surface area contributed by atoms with E-state index in [9.17, 15) is 4.79 Å². The number of halogens is 1. The van der Waals surface area contributed by atoms with Gasteiger partial charge in [-0.05, 0) is 30.7 Å². The first-order valence-electron chi connectivity index (χ1n) is 5.38. The van der Waals surface area contributed by atoms with Crippen LogP contribution in [0.4, 0.5) is 0 Å². The van der Waals surface area contributed by atoms with Crippen LogP contribution in [-0.4, -0.2) is 46.6 Å². The number of aryl methyl sites for hydroxylation is 1. The number of hydrogen-bond donors (Lipinski definition) is 4. The molecule has 4 N–H and O–H groups in total. The number of aliphatic hydroxyl groups excluding tert-OH is 3. The molecule has 1 aromatic carbocycles. The Morgan fingerprint density at radius 3 is 2.22 bits per heavy atom. The number of hydrogen-bond acceptors (Lipinski definition) is 4. The summed E-state index contributed by atoms with van der Waals surface area (Å²) in [6.07, 6.45) is 0. The van der Waals surface area contributed by atoms with Crippen molar-refractivity contribution in [1.82, 2.24) is 5.32 Å². The summed E-state index contributed by atoms with van der Waals surface area (Å²) in [5.41, 5.74) is -0.119. The molecule has 1 rings (SSSR count). The van der Waals surface area contributed by atoms with Gasteiger partial charge in [0.1, 0.15) is 5.54 Å². The lowest BCUT2D eigenvalue weighted by atomic mass is 10.0. The van der Waals surface area contributed by atoms with Gasteiger partial charge in [-0.1, -0.05) is 15.9 Å². The molecule has 6 heteroatoms. The summed E-state index contributed by atoms with van der Waals surface area (Å²) in [5, 5.41) is 29.9. The Hall–Kier alpha value is -0.950. The topological polar surface area (TPSA) is 89.8 Å². The van der Waals surface area contributed by atoms with Crippen molar-refractivity contribution in [2.24, 2.45) is 0 Å². The Balaban J connectivity index is 2.94. The lowest BCUT2D eigenvalue weighted by molar-refractivity contribution is 0.0375. The van der Waals surface area contributed by atoms with Crippen molar-refractivity contribution >= 4 is 21.8 Å². The maximum atomic E-state index is 12.0. The van der Waals surface area contributed by atoms with Crippen molar-refractivity contribution in [2.75, 3.05) is 19.8 Å². The van der Waals surface area contributed by atoms with Crippen LogP contribution in [0, 0.1) is 6.92 Å². The minimum absolute atomic E-state index is 0.390. The van der Waals surface area contributed by atoms with Gasteiger partial charge in [0.2, 0.25) is 0 Å². The van der Waals surface area contributed by atoms with Gasteiger partial charge in [-0.15, -0.1) is 0 Å². The van der Waals surface area contributed by atoms with Crippen molar-refractivity contribution in [2.45, 2.75) is 12.5 Å². The molecule has 0 atom stereocenters. The number of amides is 1. The highest BCUT2D eigenvalue weighted by molar-refractivity contribution is 9.10. The standard InChI is InChI=1S/C12H16BrNO4/c1-8-2-9(4-10(13)3-8)11(18)14-12(5-15,6-16)7-17/h2-4,15-17H,5-7H2,1H3,(H,14,18). The first-order valence-corrected chi connectivity index (χ1v) is 6.18. The zero-order chi connectivity index (χ0) is 13.8. The summed E-state index contributed by atoms with van der Waals surface area (Å²) in [7, 11) is 0. The fourth-order valence-electron chi connectivity index (χ4n) is 1.45. The molecule has 0 bridgehead atoms. The quantitative estimate of drug-likeness (QED) is 0.624. The summed E-state index contributed by atoms with van der Waals surface area (Å²) in [6, 6.07) is 5.16. The molecule has 100 valence electrons. The molecule has 0 unspecified atom stereocenters. The van der Waals surface area contributed by atoms with Crippen LogP contribution in [-0.2, 0) is 0 Å².